The number of amides is 1. The molecule has 1 amide bonds. The average molecular weight is 323 g/mol. The molecule has 0 spiro atoms. The normalized spacial score (nSPS) is 11.0. The van der Waals surface area contributed by atoms with Gasteiger partial charge in [-0.05, 0) is 31.9 Å². The first-order chi connectivity index (χ1) is 11.6. The number of aromatic nitrogens is 4. The highest BCUT2D eigenvalue weighted by atomic mass is 16.2. The second kappa shape index (κ2) is 6.78. The van der Waals surface area contributed by atoms with Gasteiger partial charge in [-0.15, -0.1) is 5.10 Å². The molecular formula is C18H21N5O. The van der Waals surface area contributed by atoms with Crippen molar-refractivity contribution in [1.29, 1.82) is 0 Å². The molecule has 0 unspecified atom stereocenters. The van der Waals surface area contributed by atoms with Crippen molar-refractivity contribution in [2.45, 2.75) is 33.7 Å². The van der Waals surface area contributed by atoms with Crippen LogP contribution in [0.4, 0.5) is 0 Å². The Kier molecular flexibility index (Phi) is 4.55. The van der Waals surface area contributed by atoms with Crippen LogP contribution in [0.5, 0.6) is 0 Å². The quantitative estimate of drug-likeness (QED) is 0.724. The van der Waals surface area contributed by atoms with Gasteiger partial charge in [-0.25, -0.2) is 9.50 Å². The first kappa shape index (κ1) is 16.1. The highest BCUT2D eigenvalue weighted by Gasteiger charge is 2.21. The van der Waals surface area contributed by atoms with E-state index in [1.165, 1.54) is 5.56 Å². The number of benzene rings is 1. The van der Waals surface area contributed by atoms with Gasteiger partial charge in [0.1, 0.15) is 0 Å². The summed E-state index contributed by atoms with van der Waals surface area (Å²) >= 11 is 0. The number of aryl methyl sites for hydroxylation is 2. The first-order valence-corrected chi connectivity index (χ1v) is 8.11. The predicted octanol–water partition coefficient (Wildman–Crippen LogP) is 2.79. The summed E-state index contributed by atoms with van der Waals surface area (Å²) in [5.41, 5.74) is 3.20. The first-order valence-electron chi connectivity index (χ1n) is 8.11. The molecule has 0 bridgehead atoms. The van der Waals surface area contributed by atoms with Crippen LogP contribution in [0.1, 0.15) is 40.8 Å². The number of hydrogen-bond donors (Lipinski definition) is 0. The van der Waals surface area contributed by atoms with E-state index < -0.39 is 0 Å². The van der Waals surface area contributed by atoms with Crippen molar-refractivity contribution in [2.75, 3.05) is 6.54 Å². The fraction of sp³-hybridized carbons (Fsp3) is 0.333. The fourth-order valence-corrected chi connectivity index (χ4v) is 2.57. The Balaban J connectivity index is 1.87. The zero-order chi connectivity index (χ0) is 17.1. The molecule has 24 heavy (non-hydrogen) atoms. The molecular weight excluding hydrogens is 302 g/mol. The zero-order valence-corrected chi connectivity index (χ0v) is 14.2. The molecule has 1 aromatic carbocycles. The summed E-state index contributed by atoms with van der Waals surface area (Å²) in [5.74, 6) is 0.477. The van der Waals surface area contributed by atoms with Crippen LogP contribution in [0.25, 0.3) is 5.78 Å². The van der Waals surface area contributed by atoms with Crippen LogP contribution in [-0.2, 0) is 6.54 Å². The molecule has 0 saturated heterocycles. The molecule has 0 fully saturated rings. The maximum atomic E-state index is 12.8. The van der Waals surface area contributed by atoms with E-state index >= 15 is 0 Å². The molecule has 0 aliphatic heterocycles. The van der Waals surface area contributed by atoms with E-state index in [1.807, 2.05) is 25.1 Å². The van der Waals surface area contributed by atoms with E-state index in [9.17, 15) is 4.79 Å². The van der Waals surface area contributed by atoms with Crippen molar-refractivity contribution >= 4 is 11.7 Å². The van der Waals surface area contributed by atoms with Crippen molar-refractivity contribution in [1.82, 2.24) is 24.5 Å². The van der Waals surface area contributed by atoms with Crippen molar-refractivity contribution in [3.05, 3.63) is 59.2 Å². The van der Waals surface area contributed by atoms with Gasteiger partial charge in [-0.1, -0.05) is 36.8 Å². The van der Waals surface area contributed by atoms with Crippen LogP contribution < -0.4 is 0 Å². The molecule has 0 radical (unpaired) electrons. The molecule has 0 N–H and O–H groups in total. The molecule has 0 aliphatic carbocycles. The number of carbonyl (C=O) groups excluding carboxylic acids is 1. The Morgan fingerprint density at radius 2 is 1.92 bits per heavy atom. The number of hydrogen-bond acceptors (Lipinski definition) is 4. The van der Waals surface area contributed by atoms with E-state index in [1.54, 1.807) is 15.6 Å². The van der Waals surface area contributed by atoms with Crippen LogP contribution in [-0.4, -0.2) is 36.9 Å². The van der Waals surface area contributed by atoms with Gasteiger partial charge in [0, 0.05) is 25.0 Å². The summed E-state index contributed by atoms with van der Waals surface area (Å²) in [6, 6.07) is 10.1. The third-order valence-electron chi connectivity index (χ3n) is 3.90. The van der Waals surface area contributed by atoms with Gasteiger partial charge < -0.3 is 4.90 Å². The van der Waals surface area contributed by atoms with E-state index in [4.69, 9.17) is 0 Å². The summed E-state index contributed by atoms with van der Waals surface area (Å²) in [6.07, 6.45) is 2.55. The Hall–Kier alpha value is -2.76. The highest BCUT2D eigenvalue weighted by molar-refractivity contribution is 5.90. The van der Waals surface area contributed by atoms with Crippen LogP contribution in [0.3, 0.4) is 0 Å². The third kappa shape index (κ3) is 3.27. The number of nitrogens with zero attached hydrogens (tertiary/aromatic N) is 5. The molecule has 0 saturated carbocycles. The SMILES string of the molecule is CCCN(Cc1ccc(C)cc1)C(=O)c1nc2nccc(C)n2n1. The maximum Gasteiger partial charge on any atom is 0.293 e. The zero-order valence-electron chi connectivity index (χ0n) is 14.2. The Morgan fingerprint density at radius 3 is 2.58 bits per heavy atom. The van der Waals surface area contributed by atoms with E-state index in [2.05, 4.69) is 41.0 Å². The lowest BCUT2D eigenvalue weighted by molar-refractivity contribution is 0.0731. The molecule has 124 valence electrons. The van der Waals surface area contributed by atoms with E-state index in [-0.39, 0.29) is 11.7 Å². The minimum atomic E-state index is -0.165. The lowest BCUT2D eigenvalue weighted by Crippen LogP contribution is -2.32. The molecule has 2 heterocycles. The second-order valence-corrected chi connectivity index (χ2v) is 5.95. The van der Waals surface area contributed by atoms with Crippen molar-refractivity contribution in [2.24, 2.45) is 0 Å². The minimum absolute atomic E-state index is 0.165. The van der Waals surface area contributed by atoms with Crippen molar-refractivity contribution in [3.8, 4) is 0 Å². The van der Waals surface area contributed by atoms with E-state index in [0.717, 1.165) is 17.7 Å². The monoisotopic (exact) mass is 323 g/mol. The van der Waals surface area contributed by atoms with E-state index in [0.29, 0.717) is 18.9 Å². The fourth-order valence-electron chi connectivity index (χ4n) is 2.57. The number of rotatable bonds is 5. The van der Waals surface area contributed by atoms with Crippen molar-refractivity contribution < 1.29 is 4.79 Å². The van der Waals surface area contributed by atoms with Gasteiger partial charge in [0.2, 0.25) is 5.82 Å². The summed E-state index contributed by atoms with van der Waals surface area (Å²) in [5, 5.41) is 4.32. The van der Waals surface area contributed by atoms with Gasteiger partial charge >= 0.3 is 0 Å². The summed E-state index contributed by atoms with van der Waals surface area (Å²) in [4.78, 5) is 23.1. The van der Waals surface area contributed by atoms with Crippen LogP contribution in [0, 0.1) is 13.8 Å². The predicted molar refractivity (Wildman–Crippen MR) is 91.7 cm³/mol. The number of fused-ring (bicyclic) bond motifs is 1. The van der Waals surface area contributed by atoms with Gasteiger partial charge in [-0.2, -0.15) is 4.98 Å². The minimum Gasteiger partial charge on any atom is -0.332 e. The summed E-state index contributed by atoms with van der Waals surface area (Å²) in [6.45, 7) is 7.23. The summed E-state index contributed by atoms with van der Waals surface area (Å²) < 4.78 is 1.60. The lowest BCUT2D eigenvalue weighted by Gasteiger charge is -2.20. The van der Waals surface area contributed by atoms with Crippen molar-refractivity contribution in [3.63, 3.8) is 0 Å². The summed E-state index contributed by atoms with van der Waals surface area (Å²) in [7, 11) is 0. The average Bonchev–Trinajstić information content (AvgIpc) is 3.01. The third-order valence-corrected chi connectivity index (χ3v) is 3.90. The van der Waals surface area contributed by atoms with Crippen LogP contribution in [0.2, 0.25) is 0 Å². The molecule has 6 heteroatoms. The van der Waals surface area contributed by atoms with Gasteiger partial charge in [-0.3, -0.25) is 4.79 Å². The van der Waals surface area contributed by atoms with Crippen LogP contribution in [0.15, 0.2) is 36.5 Å². The van der Waals surface area contributed by atoms with Crippen LogP contribution >= 0.6 is 0 Å². The highest BCUT2D eigenvalue weighted by Crippen LogP contribution is 2.11. The Morgan fingerprint density at radius 1 is 1.17 bits per heavy atom. The maximum absolute atomic E-state index is 12.8. The smallest absolute Gasteiger partial charge is 0.293 e. The molecule has 2 aromatic heterocycles. The Bertz CT molecular complexity index is 853. The Labute approximate surface area is 141 Å². The second-order valence-electron chi connectivity index (χ2n) is 5.95. The molecule has 6 nitrogen and oxygen atoms in total. The van der Waals surface area contributed by atoms with Gasteiger partial charge in [0.15, 0.2) is 0 Å². The van der Waals surface area contributed by atoms with Gasteiger partial charge in [0.25, 0.3) is 11.7 Å². The lowest BCUT2D eigenvalue weighted by atomic mass is 10.1. The molecule has 3 rings (SSSR count). The number of carbonyl (C=O) groups is 1. The van der Waals surface area contributed by atoms with Gasteiger partial charge in [0.05, 0.1) is 0 Å². The molecule has 0 aliphatic rings. The molecule has 0 atom stereocenters. The topological polar surface area (TPSA) is 63.4 Å². The molecule has 3 aromatic rings. The largest absolute Gasteiger partial charge is 0.332 e. The standard InChI is InChI=1S/C18H21N5O/c1-4-11-22(12-15-7-5-13(2)6-8-15)17(24)16-20-18-19-10-9-14(3)23(18)21-16/h5-10H,4,11-12H2,1-3H3.